The molecule has 1 unspecified atom stereocenters. The number of rotatable bonds is 59. The largest absolute Gasteiger partial charge is 0.462 e. The topological polar surface area (TPSA) is 78.9 Å². The summed E-state index contributed by atoms with van der Waals surface area (Å²) in [5.74, 6) is -0.871. The minimum absolute atomic E-state index is 0.0740. The van der Waals surface area contributed by atoms with Gasteiger partial charge in [0, 0.05) is 19.3 Å². The highest BCUT2D eigenvalue weighted by atomic mass is 16.6. The van der Waals surface area contributed by atoms with Crippen LogP contribution in [0.2, 0.25) is 0 Å². The molecular weight excluding hydrogens is 913 g/mol. The van der Waals surface area contributed by atoms with Crippen LogP contribution in [-0.2, 0) is 28.6 Å². The van der Waals surface area contributed by atoms with Crippen molar-refractivity contribution in [3.63, 3.8) is 0 Å². The third-order valence-corrected chi connectivity index (χ3v) is 14.2. The molecule has 0 aromatic heterocycles. The van der Waals surface area contributed by atoms with Crippen LogP contribution in [0.25, 0.3) is 0 Å². The molecular formula is C68H122O6. The Bertz CT molecular complexity index is 1330. The molecule has 0 N–H and O–H groups in total. The van der Waals surface area contributed by atoms with Crippen molar-refractivity contribution in [2.75, 3.05) is 13.2 Å². The van der Waals surface area contributed by atoms with Crippen LogP contribution in [0.1, 0.15) is 335 Å². The maximum Gasteiger partial charge on any atom is 0.306 e. The molecule has 0 saturated heterocycles. The van der Waals surface area contributed by atoms with Gasteiger partial charge in [0.25, 0.3) is 0 Å². The first kappa shape index (κ1) is 71.1. The summed E-state index contributed by atoms with van der Waals surface area (Å²) in [5.41, 5.74) is 0. The first-order valence-corrected chi connectivity index (χ1v) is 32.3. The van der Waals surface area contributed by atoms with E-state index in [1.165, 1.54) is 212 Å². The lowest BCUT2D eigenvalue weighted by molar-refractivity contribution is -0.167. The minimum Gasteiger partial charge on any atom is -0.462 e. The highest BCUT2D eigenvalue weighted by Crippen LogP contribution is 2.17. The van der Waals surface area contributed by atoms with Gasteiger partial charge < -0.3 is 14.2 Å². The molecule has 6 nitrogen and oxygen atoms in total. The van der Waals surface area contributed by atoms with Crippen molar-refractivity contribution in [1.29, 1.82) is 0 Å². The second-order valence-corrected chi connectivity index (χ2v) is 21.7. The van der Waals surface area contributed by atoms with Gasteiger partial charge in [0.1, 0.15) is 13.2 Å². The Hall–Kier alpha value is -2.89. The average molecular weight is 1040 g/mol. The van der Waals surface area contributed by atoms with E-state index < -0.39 is 6.10 Å². The monoisotopic (exact) mass is 1030 g/mol. The maximum absolute atomic E-state index is 12.8. The van der Waals surface area contributed by atoms with Crippen molar-refractivity contribution in [3.8, 4) is 0 Å². The van der Waals surface area contributed by atoms with Gasteiger partial charge in [-0.25, -0.2) is 0 Å². The maximum atomic E-state index is 12.8. The number of carbonyl (C=O) groups excluding carboxylic acids is 3. The van der Waals surface area contributed by atoms with Gasteiger partial charge in [0.15, 0.2) is 6.10 Å². The zero-order valence-corrected chi connectivity index (χ0v) is 49.4. The lowest BCUT2D eigenvalue weighted by Gasteiger charge is -2.18. The molecule has 0 amide bonds. The number of carbonyl (C=O) groups is 3. The van der Waals surface area contributed by atoms with Gasteiger partial charge in [0.2, 0.25) is 0 Å². The first-order chi connectivity index (χ1) is 36.5. The number of allylic oxidation sites excluding steroid dienone is 10. The van der Waals surface area contributed by atoms with Gasteiger partial charge in [-0.05, 0) is 89.9 Å². The predicted octanol–water partition coefficient (Wildman–Crippen LogP) is 21.9. The van der Waals surface area contributed by atoms with Crippen molar-refractivity contribution in [2.24, 2.45) is 0 Å². The number of ether oxygens (including phenoxy) is 3. The molecule has 74 heavy (non-hydrogen) atoms. The molecule has 1 atom stereocenters. The second-order valence-electron chi connectivity index (χ2n) is 21.7. The molecule has 0 bridgehead atoms. The number of hydrogen-bond acceptors (Lipinski definition) is 6. The molecule has 0 heterocycles. The zero-order valence-electron chi connectivity index (χ0n) is 49.4. The summed E-state index contributed by atoms with van der Waals surface area (Å²) in [6, 6.07) is 0. The van der Waals surface area contributed by atoms with Gasteiger partial charge in [-0.1, -0.05) is 287 Å². The summed E-state index contributed by atoms with van der Waals surface area (Å²) < 4.78 is 16.8. The smallest absolute Gasteiger partial charge is 0.306 e. The van der Waals surface area contributed by atoms with E-state index in [4.69, 9.17) is 14.2 Å². The summed E-state index contributed by atoms with van der Waals surface area (Å²) in [5, 5.41) is 0. The van der Waals surface area contributed by atoms with Crippen LogP contribution in [-0.4, -0.2) is 37.2 Å². The van der Waals surface area contributed by atoms with E-state index in [9.17, 15) is 14.4 Å². The highest BCUT2D eigenvalue weighted by molar-refractivity contribution is 5.71. The zero-order chi connectivity index (χ0) is 53.6. The van der Waals surface area contributed by atoms with Crippen LogP contribution in [0.3, 0.4) is 0 Å². The van der Waals surface area contributed by atoms with E-state index in [1.54, 1.807) is 0 Å². The normalized spacial score (nSPS) is 12.4. The van der Waals surface area contributed by atoms with Crippen LogP contribution in [0, 0.1) is 0 Å². The first-order valence-electron chi connectivity index (χ1n) is 32.3. The number of hydrogen-bond donors (Lipinski definition) is 0. The van der Waals surface area contributed by atoms with Crippen molar-refractivity contribution in [3.05, 3.63) is 60.8 Å². The van der Waals surface area contributed by atoms with Gasteiger partial charge >= 0.3 is 17.9 Å². The molecule has 0 aliphatic carbocycles. The third-order valence-electron chi connectivity index (χ3n) is 14.2. The number of esters is 3. The predicted molar refractivity (Wildman–Crippen MR) is 321 cm³/mol. The standard InChI is InChI=1S/C68H122O6/c1-4-7-10-13-16-19-21-23-25-27-28-29-30-31-32-33-34-35-36-37-38-39-40-42-43-45-47-49-52-55-58-61-67(70)73-64-65(63-72-66(69)60-57-54-51-18-15-12-9-6-3)74-68(71)62-59-56-53-50-48-46-44-41-26-24-22-20-17-14-11-8-5-2/h17,20-21,23-24,26-28,30-31,65H,4-16,18-19,22,25,29,32-64H2,1-3H3/b20-17-,23-21-,26-24-,28-27-,31-30-. The van der Waals surface area contributed by atoms with Crippen molar-refractivity contribution in [1.82, 2.24) is 0 Å². The highest BCUT2D eigenvalue weighted by Gasteiger charge is 2.19. The van der Waals surface area contributed by atoms with E-state index in [1.807, 2.05) is 0 Å². The Morgan fingerprint density at radius 3 is 0.784 bits per heavy atom. The molecule has 0 aromatic carbocycles. The molecule has 0 aliphatic heterocycles. The Labute approximate surface area is 460 Å². The van der Waals surface area contributed by atoms with Gasteiger partial charge in [-0.15, -0.1) is 0 Å². The molecule has 6 heteroatoms. The summed E-state index contributed by atoms with van der Waals surface area (Å²) in [7, 11) is 0. The van der Waals surface area contributed by atoms with Gasteiger partial charge in [0.05, 0.1) is 0 Å². The van der Waals surface area contributed by atoms with Gasteiger partial charge in [-0.2, -0.15) is 0 Å². The van der Waals surface area contributed by atoms with Gasteiger partial charge in [-0.3, -0.25) is 14.4 Å². The summed E-state index contributed by atoms with van der Waals surface area (Å²) in [4.78, 5) is 38.1. The van der Waals surface area contributed by atoms with E-state index in [-0.39, 0.29) is 31.1 Å². The average Bonchev–Trinajstić information content (AvgIpc) is 3.40. The summed E-state index contributed by atoms with van der Waals surface area (Å²) in [6.07, 6.45) is 79.7. The molecule has 0 spiro atoms. The van der Waals surface area contributed by atoms with E-state index >= 15 is 0 Å². The van der Waals surface area contributed by atoms with Crippen molar-refractivity contribution in [2.45, 2.75) is 341 Å². The van der Waals surface area contributed by atoms with Crippen LogP contribution < -0.4 is 0 Å². The molecule has 0 rings (SSSR count). The van der Waals surface area contributed by atoms with Crippen LogP contribution in [0.4, 0.5) is 0 Å². The molecule has 0 radical (unpaired) electrons. The van der Waals surface area contributed by atoms with Crippen molar-refractivity contribution < 1.29 is 28.6 Å². The molecule has 0 aliphatic rings. The fourth-order valence-corrected chi connectivity index (χ4v) is 9.36. The minimum atomic E-state index is -0.775. The third kappa shape index (κ3) is 60.0. The van der Waals surface area contributed by atoms with E-state index in [2.05, 4.69) is 81.5 Å². The second kappa shape index (κ2) is 62.6. The van der Waals surface area contributed by atoms with Crippen LogP contribution in [0.5, 0.6) is 0 Å². The van der Waals surface area contributed by atoms with Crippen LogP contribution >= 0.6 is 0 Å². The Balaban J connectivity index is 4.07. The summed E-state index contributed by atoms with van der Waals surface area (Å²) >= 11 is 0. The van der Waals surface area contributed by atoms with E-state index in [0.717, 1.165) is 83.5 Å². The Kier molecular flexibility index (Phi) is 60.2. The molecule has 0 fully saturated rings. The quantitative estimate of drug-likeness (QED) is 0.0261. The Morgan fingerprint density at radius 1 is 0.270 bits per heavy atom. The summed E-state index contributed by atoms with van der Waals surface area (Å²) in [6.45, 7) is 6.60. The van der Waals surface area contributed by atoms with Crippen LogP contribution in [0.15, 0.2) is 60.8 Å². The number of unbranched alkanes of at least 4 members (excludes halogenated alkanes) is 38. The van der Waals surface area contributed by atoms with E-state index in [0.29, 0.717) is 19.3 Å². The Morgan fingerprint density at radius 2 is 0.486 bits per heavy atom. The molecule has 430 valence electrons. The lowest BCUT2D eigenvalue weighted by Crippen LogP contribution is -2.30. The molecule has 0 saturated carbocycles. The fraction of sp³-hybridized carbons (Fsp3) is 0.809. The molecule has 0 aromatic rings. The SMILES string of the molecule is CCCCC/C=C\C/C=C\CCCCCCCCCC(=O)OC(COC(=O)CCCCCCCCCC)COC(=O)CCCCCCCCCCCCCCCCCC/C=C\C/C=C\C/C=C\CCCCCCC. The fourth-order valence-electron chi connectivity index (χ4n) is 9.36. The lowest BCUT2D eigenvalue weighted by atomic mass is 10.0. The van der Waals surface area contributed by atoms with Crippen molar-refractivity contribution >= 4 is 17.9 Å².